The first-order valence-electron chi connectivity index (χ1n) is 10.6. The van der Waals surface area contributed by atoms with E-state index in [0.717, 1.165) is 11.1 Å². The maximum absolute atomic E-state index is 13.4. The van der Waals surface area contributed by atoms with E-state index in [0.29, 0.717) is 27.5 Å². The smallest absolute Gasteiger partial charge is 0.322 e. The number of anilines is 1. The van der Waals surface area contributed by atoms with E-state index in [1.807, 2.05) is 32.0 Å². The van der Waals surface area contributed by atoms with E-state index >= 15 is 0 Å². The van der Waals surface area contributed by atoms with Gasteiger partial charge in [0, 0.05) is 17.3 Å². The molecule has 33 heavy (non-hydrogen) atoms. The number of amides is 4. The lowest BCUT2D eigenvalue weighted by molar-refractivity contribution is -0.130. The quantitative estimate of drug-likeness (QED) is 0.635. The van der Waals surface area contributed by atoms with E-state index in [4.69, 9.17) is 11.6 Å². The van der Waals surface area contributed by atoms with Gasteiger partial charge in [0.05, 0.1) is 23.9 Å². The maximum atomic E-state index is 13.4. The van der Waals surface area contributed by atoms with Crippen LogP contribution in [0.5, 0.6) is 0 Å². The molecule has 0 spiro atoms. The summed E-state index contributed by atoms with van der Waals surface area (Å²) in [4.78, 5) is 41.9. The monoisotopic (exact) mass is 464 g/mol. The highest BCUT2D eigenvalue weighted by Gasteiger charge is 2.44. The Bertz CT molecular complexity index is 1190. The molecule has 2 aromatic carbocycles. The molecule has 8 heteroatoms. The minimum Gasteiger partial charge on any atom is -0.326 e. The zero-order valence-electron chi connectivity index (χ0n) is 18.5. The fourth-order valence-corrected chi connectivity index (χ4v) is 4.38. The number of carbonyl (C=O) groups is 3. The molecule has 170 valence electrons. The number of urea groups is 1. The van der Waals surface area contributed by atoms with Crippen molar-refractivity contribution in [1.82, 2.24) is 15.1 Å². The molecule has 1 atom stereocenters. The summed E-state index contributed by atoms with van der Waals surface area (Å²) in [5.74, 6) is -0.616. The molecule has 2 heterocycles. The van der Waals surface area contributed by atoms with Gasteiger partial charge in [-0.2, -0.15) is 0 Å². The summed E-state index contributed by atoms with van der Waals surface area (Å²) in [5, 5.41) is 6.18. The Kier molecular flexibility index (Phi) is 6.24. The van der Waals surface area contributed by atoms with Gasteiger partial charge < -0.3 is 15.5 Å². The lowest BCUT2D eigenvalue weighted by atomic mass is 9.95. The average Bonchev–Trinajstić information content (AvgIpc) is 3.09. The van der Waals surface area contributed by atoms with Crippen LogP contribution in [0.25, 0.3) is 0 Å². The summed E-state index contributed by atoms with van der Waals surface area (Å²) in [6.07, 6.45) is 1.60. The molecule has 0 saturated heterocycles. The molecule has 4 amide bonds. The molecule has 0 bridgehead atoms. The number of benzene rings is 2. The molecule has 2 aromatic rings. The first-order chi connectivity index (χ1) is 15.8. The zero-order valence-corrected chi connectivity index (χ0v) is 19.3. The third kappa shape index (κ3) is 4.36. The molecule has 0 aromatic heterocycles. The van der Waals surface area contributed by atoms with Crippen molar-refractivity contribution in [2.75, 3.05) is 25.0 Å². The third-order valence-corrected chi connectivity index (χ3v) is 6.29. The second-order valence-electron chi connectivity index (χ2n) is 8.17. The number of aryl methyl sites for hydroxylation is 2. The second-order valence-corrected chi connectivity index (χ2v) is 8.58. The Hall–Kier alpha value is -3.58. The van der Waals surface area contributed by atoms with E-state index in [-0.39, 0.29) is 37.5 Å². The van der Waals surface area contributed by atoms with Crippen LogP contribution in [0, 0.1) is 13.8 Å². The molecule has 0 radical (unpaired) electrons. The van der Waals surface area contributed by atoms with E-state index in [1.165, 1.54) is 9.80 Å². The summed E-state index contributed by atoms with van der Waals surface area (Å²) in [5.41, 5.74) is 4.48. The minimum atomic E-state index is -0.692. The number of rotatable bonds is 6. The molecular weight excluding hydrogens is 440 g/mol. The molecular formula is C25H25ClN4O3. The van der Waals surface area contributed by atoms with Crippen LogP contribution in [0.4, 0.5) is 10.5 Å². The van der Waals surface area contributed by atoms with Crippen molar-refractivity contribution in [3.63, 3.8) is 0 Å². The minimum absolute atomic E-state index is 0.135. The van der Waals surface area contributed by atoms with Gasteiger partial charge in [0.2, 0.25) is 5.91 Å². The molecule has 2 aliphatic heterocycles. The number of nitrogens with one attached hydrogen (secondary N) is 2. The van der Waals surface area contributed by atoms with Crippen LogP contribution in [0.1, 0.15) is 22.7 Å². The summed E-state index contributed by atoms with van der Waals surface area (Å²) >= 11 is 6.38. The van der Waals surface area contributed by atoms with E-state index < -0.39 is 6.04 Å². The van der Waals surface area contributed by atoms with Crippen molar-refractivity contribution in [3.8, 4) is 0 Å². The molecule has 1 unspecified atom stereocenters. The average molecular weight is 465 g/mol. The van der Waals surface area contributed by atoms with Crippen LogP contribution in [0.15, 0.2) is 66.4 Å². The molecule has 2 aliphatic rings. The van der Waals surface area contributed by atoms with Gasteiger partial charge in [-0.05, 0) is 48.7 Å². The Morgan fingerprint density at radius 2 is 1.97 bits per heavy atom. The Morgan fingerprint density at radius 1 is 1.21 bits per heavy atom. The Balaban J connectivity index is 1.59. The summed E-state index contributed by atoms with van der Waals surface area (Å²) in [7, 11) is 0. The van der Waals surface area contributed by atoms with Gasteiger partial charge in [0.15, 0.2) is 0 Å². The highest BCUT2D eigenvalue weighted by molar-refractivity contribution is 6.31. The first kappa shape index (κ1) is 22.6. The number of hydrogen-bond donors (Lipinski definition) is 2. The normalized spacial score (nSPS) is 17.7. The van der Waals surface area contributed by atoms with Gasteiger partial charge in [-0.3, -0.25) is 14.5 Å². The molecule has 0 fully saturated rings. The number of nitrogens with zero attached hydrogens (tertiary/aromatic N) is 2. The molecule has 4 rings (SSSR count). The van der Waals surface area contributed by atoms with Gasteiger partial charge >= 0.3 is 6.03 Å². The van der Waals surface area contributed by atoms with Crippen molar-refractivity contribution in [2.45, 2.75) is 19.9 Å². The standard InChI is InChI=1S/C25H25ClN4O3/c1-4-11-30-20-13-29(14-21(31)27-17-10-9-15(2)16(3)12-17)24(32)22(20)23(28-25(30)33)18-7-5-6-8-19(18)26/h4-10,12,23H,1,11,13-14H2,2-3H3,(H,27,31)(H,28,33). The summed E-state index contributed by atoms with van der Waals surface area (Å²) < 4.78 is 0. The van der Waals surface area contributed by atoms with Crippen LogP contribution >= 0.6 is 11.6 Å². The third-order valence-electron chi connectivity index (χ3n) is 5.95. The number of hydrogen-bond acceptors (Lipinski definition) is 3. The van der Waals surface area contributed by atoms with E-state index in [9.17, 15) is 14.4 Å². The first-order valence-corrected chi connectivity index (χ1v) is 11.0. The molecule has 7 nitrogen and oxygen atoms in total. The van der Waals surface area contributed by atoms with Crippen molar-refractivity contribution in [2.24, 2.45) is 0 Å². The predicted molar refractivity (Wildman–Crippen MR) is 128 cm³/mol. The van der Waals surface area contributed by atoms with Crippen LogP contribution in [0.2, 0.25) is 5.02 Å². The van der Waals surface area contributed by atoms with Gasteiger partial charge in [-0.1, -0.05) is 41.9 Å². The van der Waals surface area contributed by atoms with Crippen molar-refractivity contribution in [1.29, 1.82) is 0 Å². The summed E-state index contributed by atoms with van der Waals surface area (Å²) in [6.45, 7) is 7.95. The van der Waals surface area contributed by atoms with Gasteiger partial charge in [0.1, 0.15) is 6.54 Å². The van der Waals surface area contributed by atoms with Gasteiger partial charge in [-0.25, -0.2) is 4.79 Å². The lowest BCUT2D eigenvalue weighted by Gasteiger charge is -2.33. The number of halogens is 1. The zero-order chi connectivity index (χ0) is 23.7. The molecule has 2 N–H and O–H groups in total. The van der Waals surface area contributed by atoms with Crippen LogP contribution < -0.4 is 10.6 Å². The lowest BCUT2D eigenvalue weighted by Crippen LogP contribution is -2.47. The Labute approximate surface area is 197 Å². The van der Waals surface area contributed by atoms with Crippen molar-refractivity contribution >= 4 is 35.1 Å². The van der Waals surface area contributed by atoms with Crippen LogP contribution in [-0.2, 0) is 9.59 Å². The van der Waals surface area contributed by atoms with Crippen LogP contribution in [-0.4, -0.2) is 47.3 Å². The van der Waals surface area contributed by atoms with E-state index in [1.54, 1.807) is 30.3 Å². The van der Waals surface area contributed by atoms with Gasteiger partial charge in [0.25, 0.3) is 5.91 Å². The van der Waals surface area contributed by atoms with Crippen molar-refractivity contribution in [3.05, 3.63) is 88.1 Å². The predicted octanol–water partition coefficient (Wildman–Crippen LogP) is 3.94. The van der Waals surface area contributed by atoms with Gasteiger partial charge in [-0.15, -0.1) is 6.58 Å². The fourth-order valence-electron chi connectivity index (χ4n) is 4.13. The maximum Gasteiger partial charge on any atom is 0.322 e. The highest BCUT2D eigenvalue weighted by atomic mass is 35.5. The molecule has 0 saturated carbocycles. The highest BCUT2D eigenvalue weighted by Crippen LogP contribution is 2.38. The largest absolute Gasteiger partial charge is 0.326 e. The van der Waals surface area contributed by atoms with Crippen LogP contribution in [0.3, 0.4) is 0 Å². The van der Waals surface area contributed by atoms with Crippen molar-refractivity contribution < 1.29 is 14.4 Å². The van der Waals surface area contributed by atoms with E-state index in [2.05, 4.69) is 17.2 Å². The second kappa shape index (κ2) is 9.11. The SMILES string of the molecule is C=CCN1C(=O)NC(c2ccccc2Cl)C2=C1CN(CC(=O)Nc1ccc(C)c(C)c1)C2=O. The Morgan fingerprint density at radius 3 is 2.67 bits per heavy atom. The molecule has 0 aliphatic carbocycles. The summed E-state index contributed by atoms with van der Waals surface area (Å²) in [6, 6.07) is 11.7. The number of carbonyl (C=O) groups excluding carboxylic acids is 3. The topological polar surface area (TPSA) is 81.8 Å². The fraction of sp³-hybridized carbons (Fsp3) is 0.240.